The first kappa shape index (κ1) is 31.4. The molecule has 7 aromatic rings. The number of aliphatic hydroxyl groups is 1. The number of H-pyrrole nitrogens is 2. The Morgan fingerprint density at radius 3 is 1.85 bits per heavy atom. The number of hydrogen-bond donors (Lipinski definition) is 4. The molecule has 1 saturated heterocycles. The minimum atomic E-state index is -0.628. The van der Waals surface area contributed by atoms with E-state index in [4.69, 9.17) is 23.7 Å². The lowest BCUT2D eigenvalue weighted by molar-refractivity contribution is 0.106. The van der Waals surface area contributed by atoms with Crippen LogP contribution in [0.4, 0.5) is 0 Å². The van der Waals surface area contributed by atoms with Crippen molar-refractivity contribution in [2.24, 2.45) is 0 Å². The zero-order chi connectivity index (χ0) is 32.7. The van der Waals surface area contributed by atoms with Gasteiger partial charge in [0, 0.05) is 45.7 Å². The number of nitrogens with one attached hydrogen (secondary N) is 3. The Morgan fingerprint density at radius 2 is 1.23 bits per heavy atom. The molecule has 1 aliphatic rings. The van der Waals surface area contributed by atoms with Crippen molar-refractivity contribution in [1.29, 1.82) is 0 Å². The van der Waals surface area contributed by atoms with Crippen LogP contribution in [0, 0.1) is 0 Å². The van der Waals surface area contributed by atoms with Crippen LogP contribution in [0.1, 0.15) is 0 Å². The summed E-state index contributed by atoms with van der Waals surface area (Å²) in [6.45, 7) is 3.16. The highest BCUT2D eigenvalue weighted by atomic mass is 16.6. The van der Waals surface area contributed by atoms with E-state index >= 15 is 0 Å². The minimum Gasteiger partial charge on any atom is -0.493 e. The number of aromatic nitrogens is 2. The van der Waals surface area contributed by atoms with Gasteiger partial charge in [-0.3, -0.25) is 0 Å². The van der Waals surface area contributed by atoms with E-state index in [9.17, 15) is 5.11 Å². The number of hydrogen-bond acceptors (Lipinski definition) is 7. The molecule has 8 rings (SSSR count). The molecule has 2 aromatic heterocycles. The van der Waals surface area contributed by atoms with Crippen molar-refractivity contribution in [3.8, 4) is 23.0 Å². The third-order valence-corrected chi connectivity index (χ3v) is 8.23. The zero-order valence-electron chi connectivity index (χ0n) is 26.8. The summed E-state index contributed by atoms with van der Waals surface area (Å²) >= 11 is 0. The van der Waals surface area contributed by atoms with Gasteiger partial charge in [-0.1, -0.05) is 60.7 Å². The van der Waals surface area contributed by atoms with Gasteiger partial charge in [-0.15, -0.1) is 0 Å². The number of methoxy groups -OCH3 is 1. The van der Waals surface area contributed by atoms with Crippen LogP contribution in [0.5, 0.6) is 23.0 Å². The lowest BCUT2D eigenvalue weighted by Gasteiger charge is -2.15. The maximum absolute atomic E-state index is 10.3. The summed E-state index contributed by atoms with van der Waals surface area (Å²) in [6, 6.07) is 36.0. The number of aliphatic hydroxyl groups excluding tert-OH is 1. The van der Waals surface area contributed by atoms with E-state index in [0.717, 1.165) is 56.3 Å². The molecular formula is C39H39N3O6. The fourth-order valence-electron chi connectivity index (χ4n) is 5.81. The number of rotatable bonds is 13. The van der Waals surface area contributed by atoms with E-state index in [1.54, 1.807) is 7.11 Å². The average Bonchev–Trinajstić information content (AvgIpc) is 3.76. The highest BCUT2D eigenvalue weighted by molar-refractivity contribution is 6.11. The lowest BCUT2D eigenvalue weighted by atomic mass is 10.1. The Labute approximate surface area is 278 Å². The first-order valence-corrected chi connectivity index (χ1v) is 16.2. The van der Waals surface area contributed by atoms with Gasteiger partial charge >= 0.3 is 0 Å². The number of fused-ring (bicyclic) bond motifs is 6. The van der Waals surface area contributed by atoms with Crippen molar-refractivity contribution in [3.05, 3.63) is 109 Å². The van der Waals surface area contributed by atoms with Crippen LogP contribution in [0.3, 0.4) is 0 Å². The van der Waals surface area contributed by atoms with E-state index in [1.807, 2.05) is 78.9 Å². The van der Waals surface area contributed by atoms with Gasteiger partial charge in [-0.25, -0.2) is 0 Å². The van der Waals surface area contributed by atoms with Crippen molar-refractivity contribution in [3.63, 3.8) is 0 Å². The van der Waals surface area contributed by atoms with Gasteiger partial charge < -0.3 is 44.1 Å². The minimum absolute atomic E-state index is 0.207. The maximum Gasteiger partial charge on any atom is 0.161 e. The molecule has 2 atom stereocenters. The van der Waals surface area contributed by atoms with Crippen LogP contribution in [0.2, 0.25) is 0 Å². The summed E-state index contributed by atoms with van der Waals surface area (Å²) in [5.74, 6) is 3.11. The van der Waals surface area contributed by atoms with Crippen molar-refractivity contribution in [2.45, 2.75) is 12.2 Å². The molecule has 0 aliphatic carbocycles. The van der Waals surface area contributed by atoms with Gasteiger partial charge in [0.15, 0.2) is 11.5 Å². The van der Waals surface area contributed by atoms with E-state index < -0.39 is 6.10 Å². The van der Waals surface area contributed by atoms with Crippen molar-refractivity contribution < 1.29 is 28.8 Å². The van der Waals surface area contributed by atoms with Crippen molar-refractivity contribution in [2.75, 3.05) is 46.6 Å². The molecule has 3 heterocycles. The summed E-state index contributed by atoms with van der Waals surface area (Å²) in [5.41, 5.74) is 4.35. The number of aromatic amines is 2. The van der Waals surface area contributed by atoms with Gasteiger partial charge in [0.25, 0.3) is 0 Å². The Hall–Kier alpha value is -5.22. The average molecular weight is 646 g/mol. The molecule has 0 amide bonds. The van der Waals surface area contributed by atoms with E-state index in [2.05, 4.69) is 45.6 Å². The van der Waals surface area contributed by atoms with Crippen LogP contribution in [0.25, 0.3) is 43.6 Å². The molecule has 9 nitrogen and oxygen atoms in total. The second-order valence-electron chi connectivity index (χ2n) is 11.6. The largest absolute Gasteiger partial charge is 0.493 e. The molecule has 1 fully saturated rings. The maximum atomic E-state index is 10.3. The summed E-state index contributed by atoms with van der Waals surface area (Å²) in [4.78, 5) is 6.81. The molecule has 246 valence electrons. The quantitative estimate of drug-likeness (QED) is 0.0803. The van der Waals surface area contributed by atoms with E-state index in [0.29, 0.717) is 37.8 Å². The van der Waals surface area contributed by atoms with Gasteiger partial charge in [-0.05, 0) is 48.5 Å². The van der Waals surface area contributed by atoms with Crippen molar-refractivity contribution in [1.82, 2.24) is 15.3 Å². The SMILES string of the molecule is COc1ccccc1OCCNCC(O)COc1cccc2[nH]c3ccccc3c12.c1ccc2c(c1)[nH]c1cccc(OCC3CO3)c12. The first-order valence-electron chi connectivity index (χ1n) is 16.2. The predicted molar refractivity (Wildman–Crippen MR) is 190 cm³/mol. The number of ether oxygens (including phenoxy) is 5. The Balaban J connectivity index is 0.000000171. The number of para-hydroxylation sites is 4. The molecule has 48 heavy (non-hydrogen) atoms. The van der Waals surface area contributed by atoms with Crippen molar-refractivity contribution >= 4 is 43.6 Å². The third kappa shape index (κ3) is 7.18. The lowest BCUT2D eigenvalue weighted by Crippen LogP contribution is -2.33. The normalized spacial score (nSPS) is 14.5. The van der Waals surface area contributed by atoms with E-state index in [1.165, 1.54) is 5.39 Å². The highest BCUT2D eigenvalue weighted by Gasteiger charge is 2.23. The van der Waals surface area contributed by atoms with E-state index in [-0.39, 0.29) is 12.7 Å². The fraction of sp³-hybridized carbons (Fsp3) is 0.231. The monoisotopic (exact) mass is 645 g/mol. The molecule has 0 saturated carbocycles. The second kappa shape index (κ2) is 14.7. The molecule has 0 spiro atoms. The molecule has 9 heteroatoms. The summed E-state index contributed by atoms with van der Waals surface area (Å²) in [6.07, 6.45) is -0.345. The topological polar surface area (TPSA) is 113 Å². The second-order valence-corrected chi connectivity index (χ2v) is 11.6. The Morgan fingerprint density at radius 1 is 0.688 bits per heavy atom. The Bertz CT molecular complexity index is 2120. The molecule has 0 radical (unpaired) electrons. The smallest absolute Gasteiger partial charge is 0.161 e. The van der Waals surface area contributed by atoms with Crippen LogP contribution in [0.15, 0.2) is 109 Å². The third-order valence-electron chi connectivity index (χ3n) is 8.23. The van der Waals surface area contributed by atoms with Crippen LogP contribution in [-0.4, -0.2) is 73.9 Å². The van der Waals surface area contributed by atoms with Crippen LogP contribution >= 0.6 is 0 Å². The summed E-state index contributed by atoms with van der Waals surface area (Å²) in [7, 11) is 1.62. The first-order chi connectivity index (χ1) is 23.7. The molecule has 4 N–H and O–H groups in total. The standard InChI is InChI=1S/C24H26N2O4.C15H13NO2/c1-28-21-10-4-5-11-22(21)29-14-13-25-15-17(27)16-30-23-12-6-9-20-24(23)18-7-2-3-8-19(18)26-20;1-2-5-12-11(4-1)15-13(16-12)6-3-7-14(15)18-9-10-8-17-10/h2-12,17,25-27H,13-16H2,1H3;1-7,10,16H,8-9H2. The molecule has 2 unspecified atom stereocenters. The summed E-state index contributed by atoms with van der Waals surface area (Å²) in [5, 5.41) is 18.0. The van der Waals surface area contributed by atoms with Gasteiger partial charge in [-0.2, -0.15) is 0 Å². The van der Waals surface area contributed by atoms with Gasteiger partial charge in [0.05, 0.1) is 24.8 Å². The Kier molecular flexibility index (Phi) is 9.60. The number of epoxide rings is 1. The molecule has 1 aliphatic heterocycles. The van der Waals surface area contributed by atoms with Crippen LogP contribution < -0.4 is 24.3 Å². The van der Waals surface area contributed by atoms with Gasteiger partial charge in [0.2, 0.25) is 0 Å². The van der Waals surface area contributed by atoms with Gasteiger partial charge in [0.1, 0.15) is 43.5 Å². The summed E-state index contributed by atoms with van der Waals surface area (Å²) < 4.78 is 28.0. The zero-order valence-corrected chi connectivity index (χ0v) is 26.8. The number of benzene rings is 5. The predicted octanol–water partition coefficient (Wildman–Crippen LogP) is 6.84. The highest BCUT2D eigenvalue weighted by Crippen LogP contribution is 2.34. The van der Waals surface area contributed by atoms with Crippen LogP contribution in [-0.2, 0) is 4.74 Å². The molecular weight excluding hydrogens is 606 g/mol. The fourth-order valence-corrected chi connectivity index (χ4v) is 5.81. The molecule has 0 bridgehead atoms. The molecule has 5 aromatic carbocycles.